The van der Waals surface area contributed by atoms with Crippen molar-refractivity contribution in [3.63, 3.8) is 0 Å². The number of nitrogens with zero attached hydrogens (tertiary/aromatic N) is 1. The molecule has 6 heteroatoms. The lowest BCUT2D eigenvalue weighted by molar-refractivity contribution is -0.129. The van der Waals surface area contributed by atoms with E-state index in [4.69, 9.17) is 9.47 Å². The quantitative estimate of drug-likeness (QED) is 0.251. The molecule has 0 saturated heterocycles. The van der Waals surface area contributed by atoms with E-state index in [0.717, 1.165) is 20.3 Å². The molecule has 0 unspecified atom stereocenters. The number of benzene rings is 3. The normalized spacial score (nSPS) is 14.6. The maximum atomic E-state index is 13.7. The van der Waals surface area contributed by atoms with Crippen molar-refractivity contribution in [2.75, 3.05) is 0 Å². The predicted molar refractivity (Wildman–Crippen MR) is 122 cm³/mol. The summed E-state index contributed by atoms with van der Waals surface area (Å²) in [4.78, 5) is 16.5. The second-order valence-corrected chi connectivity index (χ2v) is 7.91. The van der Waals surface area contributed by atoms with Crippen LogP contribution in [0.2, 0.25) is 0 Å². The number of aryl methyl sites for hydroxylation is 1. The smallest absolute Gasteiger partial charge is 0.363 e. The van der Waals surface area contributed by atoms with Crippen LogP contribution in [-0.2, 0) is 16.1 Å². The molecular weight excluding hydrogens is 496 g/mol. The van der Waals surface area contributed by atoms with Crippen molar-refractivity contribution in [1.82, 2.24) is 0 Å². The Hall–Kier alpha value is -3.00. The van der Waals surface area contributed by atoms with Crippen LogP contribution in [0.3, 0.4) is 0 Å². The van der Waals surface area contributed by atoms with E-state index in [1.54, 1.807) is 48.5 Å². The number of halogens is 2. The third-order valence-corrected chi connectivity index (χ3v) is 5.77. The minimum Gasteiger partial charge on any atom is -0.489 e. The van der Waals surface area contributed by atoms with Gasteiger partial charge in [-0.2, -0.15) is 0 Å². The molecule has 0 bridgehead atoms. The predicted octanol–water partition coefficient (Wildman–Crippen LogP) is 5.66. The average Bonchev–Trinajstić information content (AvgIpc) is 3.11. The van der Waals surface area contributed by atoms with Crippen molar-refractivity contribution >= 4 is 40.5 Å². The second-order valence-electron chi connectivity index (χ2n) is 6.75. The Kier molecular flexibility index (Phi) is 5.94. The van der Waals surface area contributed by atoms with E-state index in [0.29, 0.717) is 17.2 Å². The molecule has 0 aromatic heterocycles. The maximum absolute atomic E-state index is 13.7. The first-order valence-corrected chi connectivity index (χ1v) is 10.3. The largest absolute Gasteiger partial charge is 0.489 e. The summed E-state index contributed by atoms with van der Waals surface area (Å²) >= 11 is 2.25. The molecule has 1 aliphatic rings. The molecule has 1 heterocycles. The molecule has 3 aromatic carbocycles. The zero-order chi connectivity index (χ0) is 21.1. The molecule has 4 rings (SSSR count). The van der Waals surface area contributed by atoms with Crippen LogP contribution in [0.1, 0.15) is 22.3 Å². The van der Waals surface area contributed by atoms with Crippen LogP contribution in [0.5, 0.6) is 5.75 Å². The molecule has 3 aromatic rings. The topological polar surface area (TPSA) is 47.9 Å². The van der Waals surface area contributed by atoms with E-state index < -0.39 is 5.97 Å². The molecule has 0 radical (unpaired) electrons. The zero-order valence-electron chi connectivity index (χ0n) is 16.1. The van der Waals surface area contributed by atoms with Gasteiger partial charge in [0.05, 0.1) is 0 Å². The molecule has 4 nitrogen and oxygen atoms in total. The van der Waals surface area contributed by atoms with Crippen LogP contribution in [0.15, 0.2) is 77.4 Å². The molecule has 0 fully saturated rings. The fourth-order valence-electron chi connectivity index (χ4n) is 2.91. The van der Waals surface area contributed by atoms with Crippen LogP contribution < -0.4 is 4.74 Å². The number of esters is 1. The number of aliphatic imine (C=N–C) groups is 1. The third kappa shape index (κ3) is 4.59. The van der Waals surface area contributed by atoms with Crippen LogP contribution in [0.4, 0.5) is 4.39 Å². The molecular formula is C24H17FINO3. The summed E-state index contributed by atoms with van der Waals surface area (Å²) in [6.45, 7) is 2.14. The van der Waals surface area contributed by atoms with Crippen LogP contribution in [0, 0.1) is 16.3 Å². The Balaban J connectivity index is 1.47. The number of ether oxygens (including phenoxy) is 2. The van der Waals surface area contributed by atoms with Crippen molar-refractivity contribution in [3.05, 3.63) is 104 Å². The number of rotatable bonds is 5. The van der Waals surface area contributed by atoms with Gasteiger partial charge < -0.3 is 9.47 Å². The molecule has 30 heavy (non-hydrogen) atoms. The van der Waals surface area contributed by atoms with E-state index in [1.165, 1.54) is 6.07 Å². The van der Waals surface area contributed by atoms with E-state index in [1.807, 2.05) is 25.1 Å². The van der Waals surface area contributed by atoms with Gasteiger partial charge in [-0.15, -0.1) is 0 Å². The SMILES string of the molecule is Cc1cc(C2=N/C(=C\c3ccc(OCc4ccccc4F)cc3)C(=O)O2)ccc1I. The summed E-state index contributed by atoms with van der Waals surface area (Å²) in [5, 5.41) is 0. The second kappa shape index (κ2) is 8.79. The van der Waals surface area contributed by atoms with Gasteiger partial charge in [0.2, 0.25) is 5.90 Å². The van der Waals surface area contributed by atoms with Crippen molar-refractivity contribution in [3.8, 4) is 5.75 Å². The van der Waals surface area contributed by atoms with Crippen LogP contribution >= 0.6 is 22.6 Å². The first-order valence-electron chi connectivity index (χ1n) is 9.25. The molecule has 0 spiro atoms. The Labute approximate surface area is 187 Å². The maximum Gasteiger partial charge on any atom is 0.363 e. The van der Waals surface area contributed by atoms with Gasteiger partial charge in [0, 0.05) is 14.7 Å². The lowest BCUT2D eigenvalue weighted by Crippen LogP contribution is -2.05. The van der Waals surface area contributed by atoms with E-state index >= 15 is 0 Å². The van der Waals surface area contributed by atoms with Gasteiger partial charge >= 0.3 is 5.97 Å². The summed E-state index contributed by atoms with van der Waals surface area (Å²) in [6.07, 6.45) is 1.66. The van der Waals surface area contributed by atoms with Gasteiger partial charge in [0.1, 0.15) is 18.2 Å². The van der Waals surface area contributed by atoms with Gasteiger partial charge in [-0.3, -0.25) is 0 Å². The highest BCUT2D eigenvalue weighted by Gasteiger charge is 2.24. The Morgan fingerprint density at radius 2 is 1.87 bits per heavy atom. The first kappa shape index (κ1) is 20.3. The fourth-order valence-corrected chi connectivity index (χ4v) is 3.24. The Morgan fingerprint density at radius 1 is 1.10 bits per heavy atom. The van der Waals surface area contributed by atoms with Crippen molar-refractivity contribution in [2.45, 2.75) is 13.5 Å². The standard InChI is InChI=1S/C24H17FINO3/c1-15-12-17(8-11-21(15)26)23-27-22(24(28)30-23)13-16-6-9-19(10-7-16)29-14-18-4-2-3-5-20(18)25/h2-13H,14H2,1H3/b22-13-. The summed E-state index contributed by atoms with van der Waals surface area (Å²) in [6, 6.07) is 19.4. The average molecular weight is 513 g/mol. The molecule has 0 saturated carbocycles. The van der Waals surface area contributed by atoms with Crippen molar-refractivity contribution in [1.29, 1.82) is 0 Å². The number of hydrogen-bond donors (Lipinski definition) is 0. The van der Waals surface area contributed by atoms with Crippen LogP contribution in [0.25, 0.3) is 6.08 Å². The highest BCUT2D eigenvalue weighted by Crippen LogP contribution is 2.22. The molecule has 0 aliphatic carbocycles. The summed E-state index contributed by atoms with van der Waals surface area (Å²) in [5.41, 5.74) is 3.37. The minimum atomic E-state index is -0.485. The molecule has 0 amide bonds. The van der Waals surface area contributed by atoms with Gasteiger partial charge in [0.25, 0.3) is 0 Å². The highest BCUT2D eigenvalue weighted by molar-refractivity contribution is 14.1. The molecule has 0 N–H and O–H groups in total. The van der Waals surface area contributed by atoms with Gasteiger partial charge in [-0.1, -0.05) is 30.3 Å². The number of cyclic esters (lactones) is 1. The lowest BCUT2D eigenvalue weighted by Gasteiger charge is -2.07. The lowest BCUT2D eigenvalue weighted by atomic mass is 10.1. The summed E-state index contributed by atoms with van der Waals surface area (Å²) in [7, 11) is 0. The zero-order valence-corrected chi connectivity index (χ0v) is 18.2. The van der Waals surface area contributed by atoms with Gasteiger partial charge in [-0.05, 0) is 83.1 Å². The number of hydrogen-bond acceptors (Lipinski definition) is 4. The Bertz CT molecular complexity index is 1170. The van der Waals surface area contributed by atoms with E-state index in [9.17, 15) is 9.18 Å². The summed E-state index contributed by atoms with van der Waals surface area (Å²) in [5.74, 6) is 0.125. The minimum absolute atomic E-state index is 0.141. The molecule has 150 valence electrons. The molecule has 0 atom stereocenters. The first-order chi connectivity index (χ1) is 14.5. The van der Waals surface area contributed by atoms with Crippen molar-refractivity contribution < 1.29 is 18.7 Å². The van der Waals surface area contributed by atoms with E-state index in [-0.39, 0.29) is 18.1 Å². The van der Waals surface area contributed by atoms with Crippen molar-refractivity contribution in [2.24, 2.45) is 4.99 Å². The van der Waals surface area contributed by atoms with Gasteiger partial charge in [0.15, 0.2) is 5.70 Å². The Morgan fingerprint density at radius 3 is 2.60 bits per heavy atom. The third-order valence-electron chi connectivity index (χ3n) is 4.56. The fraction of sp³-hybridized carbons (Fsp3) is 0.0833. The highest BCUT2D eigenvalue weighted by atomic mass is 127. The van der Waals surface area contributed by atoms with Crippen LogP contribution in [-0.4, -0.2) is 11.9 Å². The molecule has 1 aliphatic heterocycles. The summed E-state index contributed by atoms with van der Waals surface area (Å²) < 4.78 is 25.8. The number of carbonyl (C=O) groups excluding carboxylic acids is 1. The number of carbonyl (C=O) groups is 1. The monoisotopic (exact) mass is 513 g/mol. The van der Waals surface area contributed by atoms with E-state index in [2.05, 4.69) is 27.6 Å². The van der Waals surface area contributed by atoms with Gasteiger partial charge in [-0.25, -0.2) is 14.2 Å².